The van der Waals surface area contributed by atoms with Crippen LogP contribution in [-0.4, -0.2) is 39.0 Å². The number of aliphatic hydroxyl groups is 1. The van der Waals surface area contributed by atoms with Crippen molar-refractivity contribution in [2.24, 2.45) is 0 Å². The molecule has 0 aromatic carbocycles. The molecule has 0 atom stereocenters. The molecule has 0 aromatic heterocycles. The van der Waals surface area contributed by atoms with E-state index in [0.717, 1.165) is 6.42 Å². The summed E-state index contributed by atoms with van der Waals surface area (Å²) in [5.74, 6) is 0. The molecule has 0 saturated heterocycles. The fourth-order valence-corrected chi connectivity index (χ4v) is 0. The van der Waals surface area contributed by atoms with Crippen LogP contribution in [0, 0.1) is 0 Å². The summed E-state index contributed by atoms with van der Waals surface area (Å²) in [6.07, 6.45) is 0.875. The summed E-state index contributed by atoms with van der Waals surface area (Å²) < 4.78 is 0. The monoisotopic (exact) mass is 270 g/mol. The fraction of sp³-hybridized carbons (Fsp3) is 1.00. The van der Waals surface area contributed by atoms with Crippen LogP contribution in [0.3, 0.4) is 0 Å². The minimum atomic E-state index is 0. The predicted molar refractivity (Wildman–Crippen MR) is 25.9 cm³/mol. The second kappa shape index (κ2) is 8.86. The van der Waals surface area contributed by atoms with Crippen molar-refractivity contribution in [3.05, 3.63) is 0 Å². The molecule has 0 aromatic rings. The number of hydrogen-bond donors (Lipinski definition) is 1. The van der Waals surface area contributed by atoms with Gasteiger partial charge in [0.05, 0.1) is 0 Å². The Morgan fingerprint density at radius 1 is 1.60 bits per heavy atom. The van der Waals surface area contributed by atoms with Gasteiger partial charge in [-0.25, -0.2) is 0 Å². The molecule has 0 fully saturated rings. The summed E-state index contributed by atoms with van der Waals surface area (Å²) in [5, 5.41) is 7.88. The van der Waals surface area contributed by atoms with E-state index in [9.17, 15) is 0 Å². The fourth-order valence-electron chi connectivity index (χ4n) is 0. The predicted octanol–water partition coefficient (Wildman–Crippen LogP) is -0.528. The Bertz CT molecular complexity index is 8.85. The van der Waals surface area contributed by atoms with Crippen LogP contribution in [0.4, 0.5) is 0 Å². The van der Waals surface area contributed by atoms with Gasteiger partial charge < -0.3 is 5.11 Å². The van der Waals surface area contributed by atoms with Crippen LogP contribution in [-0.2, 0) is 0 Å². The third-order valence-corrected chi connectivity index (χ3v) is 0.224. The van der Waals surface area contributed by atoms with Crippen molar-refractivity contribution in [3.63, 3.8) is 0 Å². The van der Waals surface area contributed by atoms with E-state index in [1.807, 2.05) is 6.92 Å². The summed E-state index contributed by atoms with van der Waals surface area (Å²) in [6.45, 7) is 2.25. The molecule has 1 nitrogen and oxygen atoms in total. The number of rotatable bonds is 1. The molecule has 0 aliphatic carbocycles. The van der Waals surface area contributed by atoms with E-state index in [2.05, 4.69) is 0 Å². The van der Waals surface area contributed by atoms with Crippen LogP contribution < -0.4 is 0 Å². The third kappa shape index (κ3) is 11.4. The first-order chi connectivity index (χ1) is 1.91. The Hall–Kier alpha value is 0.882. The molecule has 0 amide bonds. The molecule has 2 heteroatoms. The summed E-state index contributed by atoms with van der Waals surface area (Å²) in [6, 6.07) is 0. The molecule has 32 valence electrons. The van der Waals surface area contributed by atoms with Gasteiger partial charge in [0.2, 0.25) is 0 Å². The Balaban J connectivity index is 0. The van der Waals surface area contributed by atoms with E-state index in [0.29, 0.717) is 6.61 Å². The van der Waals surface area contributed by atoms with Gasteiger partial charge in [0.15, 0.2) is 0 Å². The van der Waals surface area contributed by atoms with Gasteiger partial charge in [-0.1, -0.05) is 6.92 Å². The van der Waals surface area contributed by atoms with Crippen molar-refractivity contribution in [1.29, 1.82) is 0 Å². The van der Waals surface area contributed by atoms with Crippen LogP contribution in [0.25, 0.3) is 0 Å². The van der Waals surface area contributed by atoms with Gasteiger partial charge in [-0.2, -0.15) is 0 Å². The topological polar surface area (TPSA) is 20.2 Å². The Morgan fingerprint density at radius 2 is 1.80 bits per heavy atom. The average molecular weight is 269 g/mol. The SMILES string of the molecule is CCCO.[PbH2]. The molecule has 1 N–H and O–H groups in total. The first-order valence-electron chi connectivity index (χ1n) is 1.52. The normalized spacial score (nSPS) is 6.00. The molecular weight excluding hydrogens is 259 g/mol. The molecule has 0 bridgehead atoms. The Labute approximate surface area is 52.5 Å². The molecule has 0 rings (SSSR count). The van der Waals surface area contributed by atoms with Crippen molar-refractivity contribution in [2.75, 3.05) is 6.61 Å². The molecule has 2 radical (unpaired) electrons. The zero-order chi connectivity index (χ0) is 3.41. The molecule has 0 unspecified atom stereocenters. The van der Waals surface area contributed by atoms with Gasteiger partial charge in [-0.3, -0.25) is 0 Å². The van der Waals surface area contributed by atoms with Gasteiger partial charge in [0, 0.05) is 6.61 Å². The van der Waals surface area contributed by atoms with Gasteiger partial charge >= 0.3 is 27.3 Å². The van der Waals surface area contributed by atoms with Crippen molar-refractivity contribution in [3.8, 4) is 0 Å². The van der Waals surface area contributed by atoms with E-state index in [1.165, 1.54) is 0 Å². The second-order valence-corrected chi connectivity index (χ2v) is 0.724. The second-order valence-electron chi connectivity index (χ2n) is 0.724. The van der Waals surface area contributed by atoms with Gasteiger partial charge in [0.1, 0.15) is 0 Å². The first-order valence-corrected chi connectivity index (χ1v) is 1.52. The van der Waals surface area contributed by atoms with Crippen LogP contribution in [0.5, 0.6) is 0 Å². The van der Waals surface area contributed by atoms with Gasteiger partial charge in [-0.05, 0) is 6.42 Å². The summed E-state index contributed by atoms with van der Waals surface area (Å²) in [7, 11) is 0. The average Bonchev–Trinajstić information content (AvgIpc) is 1.37. The molecule has 0 saturated carbocycles. The summed E-state index contributed by atoms with van der Waals surface area (Å²) in [4.78, 5) is 0. The molecular formula is C3H10OPb. The van der Waals surface area contributed by atoms with Gasteiger partial charge in [0.25, 0.3) is 0 Å². The van der Waals surface area contributed by atoms with Crippen LogP contribution in [0.2, 0.25) is 0 Å². The zero-order valence-electron chi connectivity index (χ0n) is 3.57. The van der Waals surface area contributed by atoms with Crippen LogP contribution >= 0.6 is 0 Å². The summed E-state index contributed by atoms with van der Waals surface area (Å²) >= 11 is 0. The summed E-state index contributed by atoms with van der Waals surface area (Å²) in [5.41, 5.74) is 0. The van der Waals surface area contributed by atoms with Crippen molar-refractivity contribution >= 4 is 27.3 Å². The third-order valence-electron chi connectivity index (χ3n) is 0.224. The molecule has 0 aliphatic rings. The van der Waals surface area contributed by atoms with E-state index in [4.69, 9.17) is 5.11 Å². The Morgan fingerprint density at radius 3 is 1.80 bits per heavy atom. The number of hydrogen-bond acceptors (Lipinski definition) is 1. The van der Waals surface area contributed by atoms with E-state index in [1.54, 1.807) is 0 Å². The van der Waals surface area contributed by atoms with Crippen LogP contribution in [0.15, 0.2) is 0 Å². The number of aliphatic hydroxyl groups excluding tert-OH is 1. The van der Waals surface area contributed by atoms with Crippen LogP contribution in [0.1, 0.15) is 13.3 Å². The molecule has 5 heavy (non-hydrogen) atoms. The Kier molecular flexibility index (Phi) is 16.5. The minimum absolute atomic E-state index is 0. The molecule has 0 spiro atoms. The zero-order valence-corrected chi connectivity index (χ0v) is 9.07. The van der Waals surface area contributed by atoms with Gasteiger partial charge in [-0.15, -0.1) is 0 Å². The van der Waals surface area contributed by atoms with E-state index in [-0.39, 0.29) is 27.3 Å². The van der Waals surface area contributed by atoms with E-state index < -0.39 is 0 Å². The molecule has 0 aliphatic heterocycles. The van der Waals surface area contributed by atoms with Crippen molar-refractivity contribution < 1.29 is 5.11 Å². The van der Waals surface area contributed by atoms with Crippen molar-refractivity contribution in [1.82, 2.24) is 0 Å². The standard InChI is InChI=1S/C3H8O.Pb.2H/c1-2-3-4;;;/h4H,2-3H2,1H3;;;. The maximum atomic E-state index is 7.88. The quantitative estimate of drug-likeness (QED) is 0.635. The first kappa shape index (κ1) is 9.30. The van der Waals surface area contributed by atoms with Crippen molar-refractivity contribution in [2.45, 2.75) is 13.3 Å². The van der Waals surface area contributed by atoms with E-state index >= 15 is 0 Å². The maximum absolute atomic E-state index is 7.88. The molecule has 0 heterocycles.